The third-order valence-electron chi connectivity index (χ3n) is 6.66. The summed E-state index contributed by atoms with van der Waals surface area (Å²) in [6.07, 6.45) is 12.2. The molecular weight excluding hydrogens is 442 g/mol. The Labute approximate surface area is 215 Å². The first-order chi connectivity index (χ1) is 17.6. The molecule has 1 atom stereocenters. The highest BCUT2D eigenvalue weighted by atomic mass is 15.1. The zero-order valence-corrected chi connectivity index (χ0v) is 21.4. The first-order valence-electron chi connectivity index (χ1n) is 13.0. The van der Waals surface area contributed by atoms with Crippen molar-refractivity contribution < 1.29 is 0 Å². The van der Waals surface area contributed by atoms with E-state index in [9.17, 15) is 0 Å². The maximum absolute atomic E-state index is 5.63. The quantitative estimate of drug-likeness (QED) is 0.311. The lowest BCUT2D eigenvalue weighted by Crippen LogP contribution is -2.22. The SMILES string of the molecule is Cc1cccc(-c2cnc(NCC(C)c3ccccc3)nc2-c2ccncc2)c1.NC1CCCCC1. The van der Waals surface area contributed by atoms with Crippen molar-refractivity contribution in [3.8, 4) is 22.4 Å². The molecule has 2 aromatic heterocycles. The van der Waals surface area contributed by atoms with Crippen molar-refractivity contribution in [2.24, 2.45) is 5.73 Å². The van der Waals surface area contributed by atoms with Gasteiger partial charge in [-0.15, -0.1) is 0 Å². The molecule has 5 nitrogen and oxygen atoms in total. The standard InChI is InChI=1S/C25H24N4.C6H13N/c1-18-7-6-10-22(15-18)23-17-28-25(29-24(23)21-11-13-26-14-12-21)27-16-19(2)20-8-4-3-5-9-20;7-6-4-2-1-3-5-6/h3-15,17,19H,16H2,1-2H3,(H,27,28,29);6H,1-5,7H2. The summed E-state index contributed by atoms with van der Waals surface area (Å²) in [4.78, 5) is 13.6. The van der Waals surface area contributed by atoms with Crippen molar-refractivity contribution in [2.75, 3.05) is 11.9 Å². The molecule has 5 heteroatoms. The highest BCUT2D eigenvalue weighted by molar-refractivity contribution is 5.80. The number of aromatic nitrogens is 3. The first-order valence-corrected chi connectivity index (χ1v) is 13.0. The summed E-state index contributed by atoms with van der Waals surface area (Å²) in [5.74, 6) is 0.997. The summed E-state index contributed by atoms with van der Waals surface area (Å²) in [6, 6.07) is 23.4. The number of hydrogen-bond acceptors (Lipinski definition) is 5. The van der Waals surface area contributed by atoms with Gasteiger partial charge in [-0.25, -0.2) is 9.97 Å². The molecule has 1 aliphatic carbocycles. The van der Waals surface area contributed by atoms with Crippen molar-refractivity contribution in [3.05, 3.63) is 96.4 Å². The molecule has 2 aromatic carbocycles. The summed E-state index contributed by atoms with van der Waals surface area (Å²) >= 11 is 0. The van der Waals surface area contributed by atoms with E-state index in [-0.39, 0.29) is 0 Å². The van der Waals surface area contributed by atoms with Crippen molar-refractivity contribution in [1.82, 2.24) is 15.0 Å². The molecule has 3 N–H and O–H groups in total. The van der Waals surface area contributed by atoms with Crippen molar-refractivity contribution in [1.29, 1.82) is 0 Å². The van der Waals surface area contributed by atoms with Crippen LogP contribution in [0.5, 0.6) is 0 Å². The maximum Gasteiger partial charge on any atom is 0.223 e. The van der Waals surface area contributed by atoms with E-state index in [2.05, 4.69) is 77.7 Å². The molecule has 186 valence electrons. The van der Waals surface area contributed by atoms with E-state index < -0.39 is 0 Å². The molecule has 5 rings (SSSR count). The smallest absolute Gasteiger partial charge is 0.223 e. The Bertz CT molecular complexity index is 1200. The molecule has 1 aliphatic rings. The normalized spacial score (nSPS) is 14.4. The van der Waals surface area contributed by atoms with Crippen LogP contribution in [0, 0.1) is 6.92 Å². The highest BCUT2D eigenvalue weighted by Crippen LogP contribution is 2.31. The van der Waals surface area contributed by atoms with Gasteiger partial charge in [0.05, 0.1) is 5.69 Å². The summed E-state index contributed by atoms with van der Waals surface area (Å²) < 4.78 is 0. The molecule has 1 fully saturated rings. The zero-order chi connectivity index (χ0) is 25.2. The van der Waals surface area contributed by atoms with Gasteiger partial charge in [-0.2, -0.15) is 0 Å². The van der Waals surface area contributed by atoms with Crippen LogP contribution in [0.4, 0.5) is 5.95 Å². The fourth-order valence-corrected chi connectivity index (χ4v) is 4.50. The van der Waals surface area contributed by atoms with Crippen LogP contribution in [0.3, 0.4) is 0 Å². The minimum atomic E-state index is 0.362. The topological polar surface area (TPSA) is 76.7 Å². The highest BCUT2D eigenvalue weighted by Gasteiger charge is 2.13. The number of hydrogen-bond donors (Lipinski definition) is 2. The lowest BCUT2D eigenvalue weighted by atomic mass is 9.97. The van der Waals surface area contributed by atoms with Gasteiger partial charge in [0.1, 0.15) is 0 Å². The fraction of sp³-hybridized carbons (Fsp3) is 0.323. The molecule has 0 aliphatic heterocycles. The zero-order valence-electron chi connectivity index (χ0n) is 21.4. The Morgan fingerprint density at radius 2 is 1.67 bits per heavy atom. The van der Waals surface area contributed by atoms with Crippen LogP contribution >= 0.6 is 0 Å². The van der Waals surface area contributed by atoms with E-state index in [4.69, 9.17) is 10.7 Å². The van der Waals surface area contributed by atoms with Crippen LogP contribution in [-0.4, -0.2) is 27.5 Å². The molecule has 0 saturated heterocycles. The molecule has 36 heavy (non-hydrogen) atoms. The second-order valence-electron chi connectivity index (χ2n) is 9.65. The number of nitrogens with one attached hydrogen (secondary N) is 1. The predicted octanol–water partition coefficient (Wildman–Crippen LogP) is 7.01. The monoisotopic (exact) mass is 479 g/mol. The average Bonchev–Trinajstić information content (AvgIpc) is 2.93. The molecule has 0 radical (unpaired) electrons. The number of nitrogens with zero attached hydrogens (tertiary/aromatic N) is 3. The van der Waals surface area contributed by atoms with Crippen LogP contribution < -0.4 is 11.1 Å². The molecule has 4 aromatic rings. The van der Waals surface area contributed by atoms with Gasteiger partial charge in [-0.05, 0) is 48.9 Å². The van der Waals surface area contributed by atoms with Gasteiger partial charge < -0.3 is 11.1 Å². The van der Waals surface area contributed by atoms with Crippen molar-refractivity contribution >= 4 is 5.95 Å². The first kappa shape index (κ1) is 25.5. The van der Waals surface area contributed by atoms with Gasteiger partial charge in [0.15, 0.2) is 0 Å². The number of pyridine rings is 1. The largest absolute Gasteiger partial charge is 0.354 e. The molecule has 0 spiro atoms. The third kappa shape index (κ3) is 7.22. The molecule has 2 heterocycles. The summed E-state index contributed by atoms with van der Waals surface area (Å²) in [5.41, 5.74) is 12.2. The van der Waals surface area contributed by atoms with Gasteiger partial charge in [0, 0.05) is 42.3 Å². The van der Waals surface area contributed by atoms with Gasteiger partial charge in [0.2, 0.25) is 5.95 Å². The lowest BCUT2D eigenvalue weighted by Gasteiger charge is -2.15. The molecular formula is C31H37N5. The Morgan fingerprint density at radius 3 is 2.33 bits per heavy atom. The van der Waals surface area contributed by atoms with E-state index in [0.29, 0.717) is 17.9 Å². The lowest BCUT2D eigenvalue weighted by molar-refractivity contribution is 0.441. The maximum atomic E-state index is 5.63. The van der Waals surface area contributed by atoms with Gasteiger partial charge in [0.25, 0.3) is 0 Å². The van der Waals surface area contributed by atoms with E-state index in [0.717, 1.165) is 28.9 Å². The van der Waals surface area contributed by atoms with Gasteiger partial charge >= 0.3 is 0 Å². The molecule has 1 unspecified atom stereocenters. The number of nitrogens with two attached hydrogens (primary N) is 1. The predicted molar refractivity (Wildman–Crippen MR) is 150 cm³/mol. The summed E-state index contributed by atoms with van der Waals surface area (Å²) in [5, 5.41) is 3.41. The Kier molecular flexibility index (Phi) is 9.17. The number of benzene rings is 2. The van der Waals surface area contributed by atoms with Crippen LogP contribution in [0.1, 0.15) is 56.1 Å². The third-order valence-corrected chi connectivity index (χ3v) is 6.66. The second-order valence-corrected chi connectivity index (χ2v) is 9.65. The van der Waals surface area contributed by atoms with E-state index >= 15 is 0 Å². The second kappa shape index (κ2) is 12.9. The van der Waals surface area contributed by atoms with E-state index in [1.807, 2.05) is 24.4 Å². The average molecular weight is 480 g/mol. The summed E-state index contributed by atoms with van der Waals surface area (Å²) in [6.45, 7) is 5.06. The molecule has 0 amide bonds. The molecule has 0 bridgehead atoms. The number of anilines is 1. The minimum absolute atomic E-state index is 0.362. The fourth-order valence-electron chi connectivity index (χ4n) is 4.50. The van der Waals surface area contributed by atoms with Crippen molar-refractivity contribution in [2.45, 2.75) is 57.9 Å². The number of aryl methyl sites for hydroxylation is 1. The summed E-state index contributed by atoms with van der Waals surface area (Å²) in [7, 11) is 0. The van der Waals surface area contributed by atoms with Crippen LogP contribution in [-0.2, 0) is 0 Å². The number of rotatable bonds is 6. The van der Waals surface area contributed by atoms with E-state index in [1.54, 1.807) is 12.4 Å². The van der Waals surface area contributed by atoms with E-state index in [1.165, 1.54) is 43.2 Å². The van der Waals surface area contributed by atoms with Crippen LogP contribution in [0.25, 0.3) is 22.4 Å². The minimum Gasteiger partial charge on any atom is -0.354 e. The van der Waals surface area contributed by atoms with Gasteiger partial charge in [-0.3, -0.25) is 4.98 Å². The van der Waals surface area contributed by atoms with Gasteiger partial charge in [-0.1, -0.05) is 86.3 Å². The Hall–Kier alpha value is -3.57. The van der Waals surface area contributed by atoms with Crippen LogP contribution in [0.2, 0.25) is 0 Å². The molecule has 1 saturated carbocycles. The Morgan fingerprint density at radius 1 is 0.917 bits per heavy atom. The van der Waals surface area contributed by atoms with Crippen molar-refractivity contribution in [3.63, 3.8) is 0 Å². The Balaban J connectivity index is 0.000000375. The van der Waals surface area contributed by atoms with Crippen LogP contribution in [0.15, 0.2) is 85.3 Å².